The van der Waals surface area contributed by atoms with Gasteiger partial charge in [0.25, 0.3) is 5.91 Å². The lowest BCUT2D eigenvalue weighted by Crippen LogP contribution is -2.52. The molecular weight excluding hydrogens is 466 g/mol. The molecule has 0 unspecified atom stereocenters. The second kappa shape index (κ2) is 9.93. The molecule has 1 fully saturated rings. The number of aromatic nitrogens is 2. The van der Waals surface area contributed by atoms with E-state index < -0.39 is 11.5 Å². The van der Waals surface area contributed by atoms with Gasteiger partial charge in [-0.05, 0) is 44.0 Å². The normalized spacial score (nSPS) is 14.8. The molecule has 2 N–H and O–H groups in total. The van der Waals surface area contributed by atoms with Crippen LogP contribution < -0.4 is 5.32 Å². The topological polar surface area (TPSA) is 93.3 Å². The molecule has 5 rings (SSSR count). The molecule has 7 heteroatoms. The van der Waals surface area contributed by atoms with Gasteiger partial charge in [0.2, 0.25) is 5.78 Å². The van der Waals surface area contributed by atoms with Gasteiger partial charge in [0, 0.05) is 36.1 Å². The molecule has 7 nitrogen and oxygen atoms in total. The summed E-state index contributed by atoms with van der Waals surface area (Å²) in [5.74, 6) is -1.41. The maximum Gasteiger partial charge on any atom is 0.329 e. The van der Waals surface area contributed by atoms with Gasteiger partial charge in [0.15, 0.2) is 0 Å². The summed E-state index contributed by atoms with van der Waals surface area (Å²) in [5.41, 5.74) is 2.41. The number of fused-ring (bicyclic) bond motifs is 1. The minimum Gasteiger partial charge on any atom is -0.480 e. The third-order valence-electron chi connectivity index (χ3n) is 7.15. The van der Waals surface area contributed by atoms with Crippen molar-refractivity contribution in [3.63, 3.8) is 0 Å². The molecule has 0 saturated heterocycles. The van der Waals surface area contributed by atoms with E-state index in [0.717, 1.165) is 29.3 Å². The molecule has 2 aromatic heterocycles. The number of carbonyl (C=O) groups is 3. The minimum absolute atomic E-state index is 0.0388. The van der Waals surface area contributed by atoms with E-state index in [2.05, 4.69) is 5.32 Å². The predicted octanol–water partition coefficient (Wildman–Crippen LogP) is 5.28. The summed E-state index contributed by atoms with van der Waals surface area (Å²) < 4.78 is 3.74. The number of carbonyl (C=O) groups excluding carboxylic acids is 2. The van der Waals surface area contributed by atoms with Gasteiger partial charge in [0.05, 0.1) is 16.8 Å². The van der Waals surface area contributed by atoms with Gasteiger partial charge in [-0.3, -0.25) is 9.59 Å². The molecule has 1 aliphatic carbocycles. The maximum atomic E-state index is 13.2. The molecule has 0 aliphatic heterocycles. The Hall–Kier alpha value is -4.39. The number of ketones is 1. The van der Waals surface area contributed by atoms with E-state index in [-0.39, 0.29) is 11.7 Å². The van der Waals surface area contributed by atoms with E-state index in [1.54, 1.807) is 6.20 Å². The number of aryl methyl sites for hydroxylation is 1. The number of benzene rings is 2. The van der Waals surface area contributed by atoms with Crippen molar-refractivity contribution >= 4 is 34.8 Å². The number of amides is 1. The second-order valence-corrected chi connectivity index (χ2v) is 9.64. The Morgan fingerprint density at radius 1 is 1.00 bits per heavy atom. The number of carboxylic acids is 1. The molecule has 37 heavy (non-hydrogen) atoms. The van der Waals surface area contributed by atoms with Crippen molar-refractivity contribution in [2.24, 2.45) is 0 Å². The van der Waals surface area contributed by atoms with Crippen LogP contribution in [0, 0.1) is 6.92 Å². The lowest BCUT2D eigenvalue weighted by molar-refractivity contribution is -0.144. The number of allylic oxidation sites excluding steroid dienone is 1. The maximum absolute atomic E-state index is 13.2. The first-order chi connectivity index (χ1) is 17.9. The van der Waals surface area contributed by atoms with Crippen LogP contribution in [0.3, 0.4) is 0 Å². The monoisotopic (exact) mass is 495 g/mol. The molecule has 4 aromatic rings. The zero-order chi connectivity index (χ0) is 26.0. The average Bonchev–Trinajstić information content (AvgIpc) is 3.64. The summed E-state index contributed by atoms with van der Waals surface area (Å²) in [5, 5.41) is 13.3. The van der Waals surface area contributed by atoms with Crippen LogP contribution in [0.25, 0.3) is 17.1 Å². The SMILES string of the molecule is Cc1ccc(C(=O)c2cccn2C/C=C/n2cc(C(=O)NC3(C(=O)O)CCCC3)c3ccccc32)cc1. The summed E-state index contributed by atoms with van der Waals surface area (Å²) in [6.07, 6.45) is 9.83. The highest BCUT2D eigenvalue weighted by Crippen LogP contribution is 2.31. The van der Waals surface area contributed by atoms with Crippen LogP contribution in [0.2, 0.25) is 0 Å². The highest BCUT2D eigenvalue weighted by Gasteiger charge is 2.43. The van der Waals surface area contributed by atoms with E-state index in [9.17, 15) is 19.5 Å². The Kier molecular flexibility index (Phi) is 6.53. The Bertz CT molecular complexity index is 1500. The van der Waals surface area contributed by atoms with Crippen molar-refractivity contribution in [1.29, 1.82) is 0 Å². The highest BCUT2D eigenvalue weighted by molar-refractivity contribution is 6.09. The number of hydrogen-bond donors (Lipinski definition) is 2. The number of hydrogen-bond acceptors (Lipinski definition) is 3. The first-order valence-corrected chi connectivity index (χ1v) is 12.5. The van der Waals surface area contributed by atoms with E-state index in [0.29, 0.717) is 36.2 Å². The summed E-state index contributed by atoms with van der Waals surface area (Å²) in [4.78, 5) is 38.2. The van der Waals surface area contributed by atoms with Crippen molar-refractivity contribution in [2.45, 2.75) is 44.7 Å². The zero-order valence-corrected chi connectivity index (χ0v) is 20.7. The Morgan fingerprint density at radius 3 is 2.46 bits per heavy atom. The van der Waals surface area contributed by atoms with Crippen LogP contribution in [-0.4, -0.2) is 37.4 Å². The number of aliphatic carboxylic acids is 1. The largest absolute Gasteiger partial charge is 0.480 e. The first kappa shape index (κ1) is 24.3. The summed E-state index contributed by atoms with van der Waals surface area (Å²) in [7, 11) is 0. The molecule has 188 valence electrons. The Morgan fingerprint density at radius 2 is 1.73 bits per heavy atom. The van der Waals surface area contributed by atoms with Gasteiger partial charge >= 0.3 is 5.97 Å². The molecule has 1 amide bonds. The highest BCUT2D eigenvalue weighted by atomic mass is 16.4. The van der Waals surface area contributed by atoms with Crippen molar-refractivity contribution < 1.29 is 19.5 Å². The van der Waals surface area contributed by atoms with E-state index in [1.165, 1.54) is 0 Å². The van der Waals surface area contributed by atoms with Gasteiger partial charge < -0.3 is 19.6 Å². The van der Waals surface area contributed by atoms with Crippen LogP contribution in [0.5, 0.6) is 0 Å². The molecule has 0 atom stereocenters. The van der Waals surface area contributed by atoms with Crippen LogP contribution in [0.4, 0.5) is 0 Å². The van der Waals surface area contributed by atoms with Crippen LogP contribution in [0.1, 0.15) is 57.7 Å². The fourth-order valence-electron chi connectivity index (χ4n) is 5.07. The van der Waals surface area contributed by atoms with Crippen molar-refractivity contribution in [3.8, 4) is 0 Å². The standard InChI is InChI=1S/C30H29N3O4/c1-21-11-13-22(14-12-21)27(34)26-10-6-17-32(26)18-7-19-33-20-24(23-8-2-3-9-25(23)33)28(35)31-30(29(36)37)15-4-5-16-30/h2-3,6-14,17,19-20H,4-5,15-16,18H2,1H3,(H,31,35)(H,36,37)/b19-7+. The van der Waals surface area contributed by atoms with Crippen LogP contribution >= 0.6 is 0 Å². The molecular formula is C30H29N3O4. The lowest BCUT2D eigenvalue weighted by atomic mass is 9.97. The summed E-state index contributed by atoms with van der Waals surface area (Å²) in [6.45, 7) is 2.46. The number of carboxylic acid groups (broad SMARTS) is 1. The van der Waals surface area contributed by atoms with Gasteiger partial charge in [-0.25, -0.2) is 4.79 Å². The second-order valence-electron chi connectivity index (χ2n) is 9.64. The molecule has 2 aromatic carbocycles. The smallest absolute Gasteiger partial charge is 0.329 e. The molecule has 0 radical (unpaired) electrons. The van der Waals surface area contributed by atoms with Crippen LogP contribution in [0.15, 0.2) is 79.1 Å². The molecule has 0 spiro atoms. The van der Waals surface area contributed by atoms with Crippen molar-refractivity contribution in [1.82, 2.24) is 14.5 Å². The predicted molar refractivity (Wildman–Crippen MR) is 143 cm³/mol. The van der Waals surface area contributed by atoms with Crippen molar-refractivity contribution in [3.05, 3.63) is 102 Å². The molecule has 1 saturated carbocycles. The Balaban J connectivity index is 1.38. The van der Waals surface area contributed by atoms with Crippen molar-refractivity contribution in [2.75, 3.05) is 0 Å². The van der Waals surface area contributed by atoms with Gasteiger partial charge in [0.1, 0.15) is 5.54 Å². The van der Waals surface area contributed by atoms with Crippen LogP contribution in [-0.2, 0) is 11.3 Å². The summed E-state index contributed by atoms with van der Waals surface area (Å²) in [6, 6.07) is 18.7. The van der Waals surface area contributed by atoms with Gasteiger partial charge in [-0.15, -0.1) is 0 Å². The molecule has 1 aliphatic rings. The fourth-order valence-corrected chi connectivity index (χ4v) is 5.07. The lowest BCUT2D eigenvalue weighted by Gasteiger charge is -2.25. The molecule has 0 bridgehead atoms. The third-order valence-corrected chi connectivity index (χ3v) is 7.15. The van der Waals surface area contributed by atoms with E-state index in [1.807, 2.05) is 95.2 Å². The third kappa shape index (κ3) is 4.72. The first-order valence-electron chi connectivity index (χ1n) is 12.5. The average molecular weight is 496 g/mol. The van der Waals surface area contributed by atoms with E-state index in [4.69, 9.17) is 0 Å². The minimum atomic E-state index is -1.20. The number of rotatable bonds is 8. The number of nitrogens with zero attached hydrogens (tertiary/aromatic N) is 2. The van der Waals surface area contributed by atoms with E-state index >= 15 is 0 Å². The Labute approximate surface area is 215 Å². The summed E-state index contributed by atoms with van der Waals surface area (Å²) >= 11 is 0. The zero-order valence-electron chi connectivity index (χ0n) is 20.7. The number of nitrogens with one attached hydrogen (secondary N) is 1. The fraction of sp³-hybridized carbons (Fsp3) is 0.233. The molecule has 2 heterocycles. The van der Waals surface area contributed by atoms with Gasteiger partial charge in [-0.2, -0.15) is 0 Å². The number of para-hydroxylation sites is 1. The quantitative estimate of drug-likeness (QED) is 0.325. The van der Waals surface area contributed by atoms with Gasteiger partial charge in [-0.1, -0.05) is 60.9 Å².